The van der Waals surface area contributed by atoms with Crippen LogP contribution in [0.5, 0.6) is 0 Å². The molecule has 148 valence electrons. The van der Waals surface area contributed by atoms with Crippen molar-refractivity contribution in [3.8, 4) is 0 Å². The highest BCUT2D eigenvalue weighted by atomic mass is 32.1. The van der Waals surface area contributed by atoms with Crippen LogP contribution in [0.3, 0.4) is 0 Å². The van der Waals surface area contributed by atoms with Crippen molar-refractivity contribution >= 4 is 34.9 Å². The van der Waals surface area contributed by atoms with E-state index in [1.165, 1.54) is 5.56 Å². The largest absolute Gasteiger partial charge is 0.466 e. The van der Waals surface area contributed by atoms with Crippen molar-refractivity contribution in [2.45, 2.75) is 39.5 Å². The average molecular weight is 399 g/mol. The lowest BCUT2D eigenvalue weighted by Gasteiger charge is -2.12. The van der Waals surface area contributed by atoms with E-state index >= 15 is 0 Å². The summed E-state index contributed by atoms with van der Waals surface area (Å²) in [5, 5.41) is 5.80. The summed E-state index contributed by atoms with van der Waals surface area (Å²) in [7, 11) is 0. The third-order valence-corrected chi connectivity index (χ3v) is 4.36. The van der Waals surface area contributed by atoms with Gasteiger partial charge in [0.05, 0.1) is 13.0 Å². The van der Waals surface area contributed by atoms with Crippen molar-refractivity contribution in [2.24, 2.45) is 0 Å². The highest BCUT2D eigenvalue weighted by Crippen LogP contribution is 2.15. The lowest BCUT2D eigenvalue weighted by Crippen LogP contribution is -2.34. The maximum atomic E-state index is 12.0. The van der Waals surface area contributed by atoms with Gasteiger partial charge in [0, 0.05) is 12.1 Å². The molecule has 28 heavy (non-hydrogen) atoms. The summed E-state index contributed by atoms with van der Waals surface area (Å²) in [6.45, 7) is 4.33. The van der Waals surface area contributed by atoms with Crippen molar-refractivity contribution in [1.82, 2.24) is 5.32 Å². The molecular formula is C22H26N2O3S. The number of benzene rings is 2. The number of hydrogen-bond acceptors (Lipinski definition) is 4. The van der Waals surface area contributed by atoms with Gasteiger partial charge in [-0.15, -0.1) is 0 Å². The summed E-state index contributed by atoms with van der Waals surface area (Å²) in [5.74, 6) is -0.694. The van der Waals surface area contributed by atoms with E-state index in [1.807, 2.05) is 62.4 Å². The molecule has 0 spiro atoms. The predicted molar refractivity (Wildman–Crippen MR) is 115 cm³/mol. The second-order valence-electron chi connectivity index (χ2n) is 6.63. The van der Waals surface area contributed by atoms with Crippen molar-refractivity contribution in [1.29, 1.82) is 0 Å². The number of hydrogen-bond donors (Lipinski definition) is 2. The van der Waals surface area contributed by atoms with E-state index in [0.29, 0.717) is 6.61 Å². The van der Waals surface area contributed by atoms with E-state index in [2.05, 4.69) is 10.6 Å². The Bertz CT molecular complexity index is 822. The van der Waals surface area contributed by atoms with E-state index in [-0.39, 0.29) is 29.8 Å². The zero-order valence-corrected chi connectivity index (χ0v) is 17.1. The molecule has 0 aromatic heterocycles. The number of aryl methyl sites for hydroxylation is 3. The SMILES string of the molecule is Cc1ccc(NC(=S)NC(=O)CCC(=O)OCCCc2ccccc2)c(C)c1. The van der Waals surface area contributed by atoms with Crippen LogP contribution < -0.4 is 10.6 Å². The molecule has 0 radical (unpaired) electrons. The molecule has 0 heterocycles. The van der Waals surface area contributed by atoms with Gasteiger partial charge in [-0.25, -0.2) is 0 Å². The molecule has 2 aromatic rings. The third kappa shape index (κ3) is 7.88. The monoisotopic (exact) mass is 398 g/mol. The number of amides is 1. The van der Waals surface area contributed by atoms with Crippen molar-refractivity contribution in [3.05, 3.63) is 65.2 Å². The normalized spacial score (nSPS) is 10.2. The Kier molecular flexibility index (Phi) is 8.62. The van der Waals surface area contributed by atoms with E-state index in [0.717, 1.165) is 29.7 Å². The molecule has 0 aliphatic rings. The van der Waals surface area contributed by atoms with Gasteiger partial charge in [-0.1, -0.05) is 48.0 Å². The van der Waals surface area contributed by atoms with Gasteiger partial charge in [0.2, 0.25) is 5.91 Å². The van der Waals surface area contributed by atoms with Crippen LogP contribution in [0, 0.1) is 13.8 Å². The highest BCUT2D eigenvalue weighted by Gasteiger charge is 2.10. The molecule has 1 amide bonds. The Labute approximate surface area is 171 Å². The van der Waals surface area contributed by atoms with Gasteiger partial charge in [-0.2, -0.15) is 0 Å². The first kappa shape index (κ1) is 21.6. The molecule has 5 nitrogen and oxygen atoms in total. The number of thiocarbonyl (C=S) groups is 1. The van der Waals surface area contributed by atoms with Crippen LogP contribution in [-0.4, -0.2) is 23.6 Å². The van der Waals surface area contributed by atoms with Crippen LogP contribution >= 0.6 is 12.2 Å². The van der Waals surface area contributed by atoms with Gasteiger partial charge in [0.15, 0.2) is 5.11 Å². The van der Waals surface area contributed by atoms with E-state index in [1.54, 1.807) is 0 Å². The zero-order chi connectivity index (χ0) is 20.4. The van der Waals surface area contributed by atoms with Crippen LogP contribution in [0.1, 0.15) is 36.0 Å². The van der Waals surface area contributed by atoms with Gasteiger partial charge < -0.3 is 15.4 Å². The minimum absolute atomic E-state index is 0.0311. The van der Waals surface area contributed by atoms with Gasteiger partial charge >= 0.3 is 5.97 Å². The first-order valence-electron chi connectivity index (χ1n) is 9.31. The number of esters is 1. The van der Waals surface area contributed by atoms with E-state index in [9.17, 15) is 9.59 Å². The molecule has 0 aliphatic carbocycles. The topological polar surface area (TPSA) is 67.4 Å². The fourth-order valence-corrected chi connectivity index (χ4v) is 2.92. The van der Waals surface area contributed by atoms with E-state index in [4.69, 9.17) is 17.0 Å². The van der Waals surface area contributed by atoms with E-state index < -0.39 is 0 Å². The standard InChI is InChI=1S/C22H26N2O3S/c1-16-10-11-19(17(2)15-16)23-22(28)24-20(25)12-13-21(26)27-14-6-9-18-7-4-3-5-8-18/h3-5,7-8,10-11,15H,6,9,12-14H2,1-2H3,(H2,23,24,25,28). The van der Waals surface area contributed by atoms with Crippen LogP contribution in [0.15, 0.2) is 48.5 Å². The van der Waals surface area contributed by atoms with Crippen molar-refractivity contribution < 1.29 is 14.3 Å². The van der Waals surface area contributed by atoms with Crippen LogP contribution in [0.25, 0.3) is 0 Å². The number of carbonyl (C=O) groups is 2. The minimum Gasteiger partial charge on any atom is -0.466 e. The number of nitrogens with one attached hydrogen (secondary N) is 2. The molecule has 0 saturated heterocycles. The maximum absolute atomic E-state index is 12.0. The molecule has 0 atom stereocenters. The summed E-state index contributed by atoms with van der Waals surface area (Å²) >= 11 is 5.16. The summed E-state index contributed by atoms with van der Waals surface area (Å²) in [4.78, 5) is 23.7. The fraction of sp³-hybridized carbons (Fsp3) is 0.318. The van der Waals surface area contributed by atoms with Gasteiger partial charge in [-0.3, -0.25) is 9.59 Å². The fourth-order valence-electron chi connectivity index (χ4n) is 2.69. The molecule has 2 N–H and O–H groups in total. The Morgan fingerprint density at radius 3 is 2.50 bits per heavy atom. The van der Waals surface area contributed by atoms with Gasteiger partial charge in [-0.05, 0) is 56.1 Å². The summed E-state index contributed by atoms with van der Waals surface area (Å²) in [6, 6.07) is 15.9. The molecule has 0 aliphatic heterocycles. The summed E-state index contributed by atoms with van der Waals surface area (Å²) in [6.07, 6.45) is 1.67. The number of ether oxygens (including phenoxy) is 1. The molecule has 0 saturated carbocycles. The van der Waals surface area contributed by atoms with Crippen LogP contribution in [-0.2, 0) is 20.7 Å². The second kappa shape index (κ2) is 11.2. The number of rotatable bonds is 8. The predicted octanol–water partition coefficient (Wildman–Crippen LogP) is 4.07. The maximum Gasteiger partial charge on any atom is 0.306 e. The second-order valence-corrected chi connectivity index (χ2v) is 7.04. The minimum atomic E-state index is -0.378. The first-order valence-corrected chi connectivity index (χ1v) is 9.72. The van der Waals surface area contributed by atoms with Crippen LogP contribution in [0.2, 0.25) is 0 Å². The Morgan fingerprint density at radius 2 is 1.79 bits per heavy atom. The smallest absolute Gasteiger partial charge is 0.306 e. The molecule has 0 bridgehead atoms. The van der Waals surface area contributed by atoms with Crippen molar-refractivity contribution in [2.75, 3.05) is 11.9 Å². The van der Waals surface area contributed by atoms with Crippen LogP contribution in [0.4, 0.5) is 5.69 Å². The highest BCUT2D eigenvalue weighted by molar-refractivity contribution is 7.80. The molecule has 0 unspecified atom stereocenters. The first-order chi connectivity index (χ1) is 13.4. The molecular weight excluding hydrogens is 372 g/mol. The molecule has 0 fully saturated rings. The Balaban J connectivity index is 1.61. The quantitative estimate of drug-likeness (QED) is 0.399. The Morgan fingerprint density at radius 1 is 1.04 bits per heavy atom. The van der Waals surface area contributed by atoms with Gasteiger partial charge in [0.25, 0.3) is 0 Å². The van der Waals surface area contributed by atoms with Crippen molar-refractivity contribution in [3.63, 3.8) is 0 Å². The number of carbonyl (C=O) groups excluding carboxylic acids is 2. The zero-order valence-electron chi connectivity index (χ0n) is 16.3. The molecule has 2 aromatic carbocycles. The summed E-state index contributed by atoms with van der Waals surface area (Å²) < 4.78 is 5.17. The van der Waals surface area contributed by atoms with Gasteiger partial charge in [0.1, 0.15) is 0 Å². The molecule has 2 rings (SSSR count). The third-order valence-electron chi connectivity index (χ3n) is 4.15. The lowest BCUT2D eigenvalue weighted by atomic mass is 10.1. The average Bonchev–Trinajstić information content (AvgIpc) is 2.66. The summed E-state index contributed by atoms with van der Waals surface area (Å²) in [5.41, 5.74) is 4.24. The Hall–Kier alpha value is -2.73. The molecule has 6 heteroatoms. The number of anilines is 1. The lowest BCUT2D eigenvalue weighted by molar-refractivity contribution is -0.145.